The molecule has 50 heavy (non-hydrogen) atoms. The van der Waals surface area contributed by atoms with Crippen molar-refractivity contribution in [2.24, 2.45) is 0 Å². The van der Waals surface area contributed by atoms with Crippen LogP contribution < -0.4 is 10.1 Å². The molecule has 0 bridgehead atoms. The van der Waals surface area contributed by atoms with Crippen molar-refractivity contribution in [3.8, 4) is 16.9 Å². The molecule has 0 aliphatic heterocycles. The molecule has 0 saturated carbocycles. The molecule has 0 unspecified atom stereocenters. The van der Waals surface area contributed by atoms with Gasteiger partial charge in [0.1, 0.15) is 24.0 Å². The van der Waals surface area contributed by atoms with Gasteiger partial charge >= 0.3 is 6.09 Å². The Balaban J connectivity index is 1.37. The quantitative estimate of drug-likeness (QED) is 0.122. The van der Waals surface area contributed by atoms with Crippen molar-refractivity contribution in [3.63, 3.8) is 0 Å². The summed E-state index contributed by atoms with van der Waals surface area (Å²) in [5.41, 5.74) is 6.17. The zero-order chi connectivity index (χ0) is 35.5. The Hall–Kier alpha value is -4.66. The highest BCUT2D eigenvalue weighted by atomic mass is 16.7. The first kappa shape index (κ1) is 36.6. The van der Waals surface area contributed by atoms with E-state index in [1.165, 1.54) is 0 Å². The first-order valence-electron chi connectivity index (χ1n) is 17.6. The molecule has 0 aromatic heterocycles. The van der Waals surface area contributed by atoms with Crippen LogP contribution in [0.2, 0.25) is 0 Å². The third kappa shape index (κ3) is 9.96. The molecule has 1 atom stereocenters. The van der Waals surface area contributed by atoms with Crippen LogP contribution in [-0.4, -0.2) is 67.7 Å². The molecule has 2 amide bonds. The number of hydrogen-bond acceptors (Lipinski definition) is 6. The molecule has 1 aliphatic rings. The van der Waals surface area contributed by atoms with E-state index in [0.29, 0.717) is 26.2 Å². The van der Waals surface area contributed by atoms with E-state index < -0.39 is 18.4 Å². The number of nitrogens with one attached hydrogen (secondary N) is 1. The zero-order valence-electron chi connectivity index (χ0n) is 29.9. The molecule has 0 saturated heterocycles. The van der Waals surface area contributed by atoms with Crippen molar-refractivity contribution in [1.29, 1.82) is 0 Å². The molecule has 1 aliphatic carbocycles. The normalized spacial score (nSPS) is 13.0. The Bertz CT molecular complexity index is 1630. The number of fused-ring (bicyclic) bond motifs is 3. The van der Waals surface area contributed by atoms with Gasteiger partial charge in [0.2, 0.25) is 5.91 Å². The van der Waals surface area contributed by atoms with Gasteiger partial charge in [-0.3, -0.25) is 4.79 Å². The van der Waals surface area contributed by atoms with Crippen LogP contribution in [0.1, 0.15) is 62.8 Å². The highest BCUT2D eigenvalue weighted by Gasteiger charge is 2.32. The number of ether oxygens (including phenoxy) is 4. The Morgan fingerprint density at radius 3 is 1.92 bits per heavy atom. The van der Waals surface area contributed by atoms with Gasteiger partial charge in [-0.25, -0.2) is 4.79 Å². The Labute approximate surface area is 296 Å². The molecular weight excluding hydrogens is 628 g/mol. The van der Waals surface area contributed by atoms with Gasteiger partial charge in [0, 0.05) is 32.1 Å². The van der Waals surface area contributed by atoms with E-state index in [4.69, 9.17) is 18.9 Å². The molecule has 0 radical (unpaired) electrons. The van der Waals surface area contributed by atoms with E-state index in [-0.39, 0.29) is 37.0 Å². The molecule has 264 valence electrons. The summed E-state index contributed by atoms with van der Waals surface area (Å²) in [5, 5.41) is 2.94. The van der Waals surface area contributed by atoms with E-state index >= 15 is 0 Å². The van der Waals surface area contributed by atoms with E-state index in [0.717, 1.165) is 39.1 Å². The number of hydrogen-bond donors (Lipinski definition) is 1. The number of carbonyl (C=O) groups excluding carboxylic acids is 2. The number of rotatable bonds is 16. The second-order valence-corrected chi connectivity index (χ2v) is 13.4. The highest BCUT2D eigenvalue weighted by Crippen LogP contribution is 2.44. The summed E-state index contributed by atoms with van der Waals surface area (Å²) in [6, 6.07) is 33.2. The van der Waals surface area contributed by atoms with Gasteiger partial charge in [0.05, 0.1) is 6.54 Å². The van der Waals surface area contributed by atoms with Crippen LogP contribution in [-0.2, 0) is 31.8 Å². The molecule has 5 rings (SSSR count). The smallest absolute Gasteiger partial charge is 0.407 e. The van der Waals surface area contributed by atoms with E-state index in [1.54, 1.807) is 4.90 Å². The monoisotopic (exact) mass is 678 g/mol. The fraction of sp³-hybridized carbons (Fsp3) is 0.381. The molecule has 1 N–H and O–H groups in total. The minimum atomic E-state index is -0.903. The predicted octanol–water partition coefficient (Wildman–Crippen LogP) is 7.78. The lowest BCUT2D eigenvalue weighted by Gasteiger charge is -2.31. The fourth-order valence-electron chi connectivity index (χ4n) is 6.39. The minimum absolute atomic E-state index is 0.0989. The number of benzene rings is 4. The van der Waals surface area contributed by atoms with Crippen molar-refractivity contribution >= 4 is 12.0 Å². The number of alkyl carbamates (subject to hydrolysis) is 1. The molecule has 8 nitrogen and oxygen atoms in total. The lowest BCUT2D eigenvalue weighted by Crippen LogP contribution is -2.52. The van der Waals surface area contributed by atoms with E-state index in [9.17, 15) is 9.59 Å². The summed E-state index contributed by atoms with van der Waals surface area (Å²) in [5.74, 6) is 0.390. The molecule has 0 heterocycles. The summed E-state index contributed by atoms with van der Waals surface area (Å²) in [6.07, 6.45) is -0.358. The zero-order valence-corrected chi connectivity index (χ0v) is 29.9. The molecule has 4 aromatic rings. The van der Waals surface area contributed by atoms with Crippen molar-refractivity contribution in [1.82, 2.24) is 10.2 Å². The Morgan fingerprint density at radius 2 is 1.34 bits per heavy atom. The van der Waals surface area contributed by atoms with E-state index in [1.807, 2.05) is 113 Å². The summed E-state index contributed by atoms with van der Waals surface area (Å²) >= 11 is 0. The standard InChI is InChI=1S/C42H50N2O6/c1-6-47-39(48-7-2)28-44(26-25-30-15-9-8-10-16-30)40(45)38(27-31-21-23-32(24-22-31)50-42(3,4)5)43-41(46)49-29-37-35-19-13-11-17-33(35)34-18-12-14-20-36(34)37/h8-24,37-39H,6-7,25-29H2,1-5H3,(H,43,46)/t38-/m0/s1. The number of carbonyl (C=O) groups is 2. The molecule has 8 heteroatoms. The second-order valence-electron chi connectivity index (χ2n) is 13.4. The van der Waals surface area contributed by atoms with Crippen LogP contribution in [0.5, 0.6) is 5.75 Å². The number of nitrogens with zero attached hydrogens (tertiary/aromatic N) is 1. The van der Waals surface area contributed by atoms with Crippen LogP contribution >= 0.6 is 0 Å². The Kier molecular flexibility index (Phi) is 12.7. The number of amides is 2. The minimum Gasteiger partial charge on any atom is -0.488 e. The van der Waals surface area contributed by atoms with Gasteiger partial charge in [-0.2, -0.15) is 0 Å². The first-order chi connectivity index (χ1) is 24.1. The van der Waals surface area contributed by atoms with Gasteiger partial charge in [-0.1, -0.05) is 91.0 Å². The maximum absolute atomic E-state index is 14.5. The first-order valence-corrected chi connectivity index (χ1v) is 17.6. The second kappa shape index (κ2) is 17.3. The molecule has 0 spiro atoms. The maximum atomic E-state index is 14.5. The summed E-state index contributed by atoms with van der Waals surface area (Å²) in [7, 11) is 0. The average Bonchev–Trinajstić information content (AvgIpc) is 3.43. The topological polar surface area (TPSA) is 86.3 Å². The van der Waals surface area contributed by atoms with Crippen molar-refractivity contribution < 1.29 is 28.5 Å². The van der Waals surface area contributed by atoms with Gasteiger partial charge in [-0.15, -0.1) is 0 Å². The van der Waals surface area contributed by atoms with Gasteiger partial charge < -0.3 is 29.2 Å². The third-order valence-electron chi connectivity index (χ3n) is 8.62. The summed E-state index contributed by atoms with van der Waals surface area (Å²) < 4.78 is 23.6. The van der Waals surface area contributed by atoms with Crippen LogP contribution in [0.25, 0.3) is 11.1 Å². The molecular formula is C42H50N2O6. The molecule has 0 fully saturated rings. The lowest BCUT2D eigenvalue weighted by molar-refractivity contribution is -0.159. The SMILES string of the molecule is CCOC(CN(CCc1ccccc1)C(=O)[C@H](Cc1ccc(OC(C)(C)C)cc1)NC(=O)OCC1c2ccccc2-c2ccccc21)OCC. The summed E-state index contributed by atoms with van der Waals surface area (Å²) in [4.78, 5) is 29.8. The van der Waals surface area contributed by atoms with Crippen LogP contribution in [0, 0.1) is 0 Å². The van der Waals surface area contributed by atoms with Crippen molar-refractivity contribution in [2.45, 2.75) is 71.3 Å². The van der Waals surface area contributed by atoms with Crippen LogP contribution in [0.4, 0.5) is 4.79 Å². The van der Waals surface area contributed by atoms with Gasteiger partial charge in [0.25, 0.3) is 0 Å². The largest absolute Gasteiger partial charge is 0.488 e. The van der Waals surface area contributed by atoms with Gasteiger partial charge in [0.15, 0.2) is 6.29 Å². The van der Waals surface area contributed by atoms with E-state index in [2.05, 4.69) is 29.6 Å². The average molecular weight is 679 g/mol. The van der Waals surface area contributed by atoms with Crippen molar-refractivity contribution in [2.75, 3.05) is 32.9 Å². The third-order valence-corrected chi connectivity index (χ3v) is 8.62. The highest BCUT2D eigenvalue weighted by molar-refractivity contribution is 5.86. The lowest BCUT2D eigenvalue weighted by atomic mass is 9.98. The van der Waals surface area contributed by atoms with Gasteiger partial charge in [-0.05, 0) is 86.6 Å². The van der Waals surface area contributed by atoms with Crippen LogP contribution in [0.3, 0.4) is 0 Å². The Morgan fingerprint density at radius 1 is 0.760 bits per heavy atom. The fourth-order valence-corrected chi connectivity index (χ4v) is 6.39. The molecule has 4 aromatic carbocycles. The predicted molar refractivity (Wildman–Crippen MR) is 196 cm³/mol. The summed E-state index contributed by atoms with van der Waals surface area (Å²) in [6.45, 7) is 11.4. The maximum Gasteiger partial charge on any atom is 0.407 e. The van der Waals surface area contributed by atoms with Crippen molar-refractivity contribution in [3.05, 3.63) is 125 Å². The van der Waals surface area contributed by atoms with Crippen LogP contribution in [0.15, 0.2) is 103 Å².